The molecule has 2 heteroatoms. The summed E-state index contributed by atoms with van der Waals surface area (Å²) in [7, 11) is 2.10. The molecule has 0 amide bonds. The Kier molecular flexibility index (Phi) is 2.90. The topological polar surface area (TPSA) is 23.5 Å². The molecule has 0 aromatic rings. The van der Waals surface area contributed by atoms with E-state index in [2.05, 4.69) is 25.8 Å². The third kappa shape index (κ3) is 1.94. The summed E-state index contributed by atoms with van der Waals surface area (Å²) in [5, 5.41) is 9.67. The molecule has 1 heterocycles. The number of likely N-dealkylation sites (N-methyl/N-ethyl adjacent to an activating group) is 1. The molecule has 0 radical (unpaired) electrons. The van der Waals surface area contributed by atoms with Crippen LogP contribution < -0.4 is 0 Å². The molecule has 0 aromatic carbocycles. The van der Waals surface area contributed by atoms with Crippen molar-refractivity contribution in [1.29, 1.82) is 0 Å². The SMILES string of the molecule is CC(C)C1C(O)CCCN1C. The molecule has 0 saturated carbocycles. The second-order valence-corrected chi connectivity index (χ2v) is 3.92. The average molecular weight is 157 g/mol. The summed E-state index contributed by atoms with van der Waals surface area (Å²) < 4.78 is 0. The highest BCUT2D eigenvalue weighted by molar-refractivity contribution is 4.84. The molecule has 0 aliphatic carbocycles. The Hall–Kier alpha value is -0.0800. The lowest BCUT2D eigenvalue weighted by Crippen LogP contribution is -2.48. The highest BCUT2D eigenvalue weighted by Crippen LogP contribution is 2.21. The van der Waals surface area contributed by atoms with Crippen LogP contribution in [-0.2, 0) is 0 Å². The quantitative estimate of drug-likeness (QED) is 0.616. The molecule has 1 N–H and O–H groups in total. The van der Waals surface area contributed by atoms with Gasteiger partial charge in [-0.1, -0.05) is 13.8 Å². The summed E-state index contributed by atoms with van der Waals surface area (Å²) in [6.07, 6.45) is 2.02. The minimum atomic E-state index is -0.103. The molecule has 1 saturated heterocycles. The van der Waals surface area contributed by atoms with E-state index < -0.39 is 0 Å². The number of likely N-dealkylation sites (tertiary alicyclic amines) is 1. The maximum atomic E-state index is 9.67. The van der Waals surface area contributed by atoms with Crippen molar-refractivity contribution in [3.8, 4) is 0 Å². The van der Waals surface area contributed by atoms with E-state index >= 15 is 0 Å². The Labute approximate surface area is 69.2 Å². The number of aliphatic hydroxyl groups is 1. The van der Waals surface area contributed by atoms with Crippen molar-refractivity contribution >= 4 is 0 Å². The first-order valence-corrected chi connectivity index (χ1v) is 4.51. The molecule has 1 rings (SSSR count). The van der Waals surface area contributed by atoms with Crippen molar-refractivity contribution in [2.75, 3.05) is 13.6 Å². The van der Waals surface area contributed by atoms with Crippen molar-refractivity contribution < 1.29 is 5.11 Å². The molecule has 1 fully saturated rings. The van der Waals surface area contributed by atoms with Crippen LogP contribution in [0.3, 0.4) is 0 Å². The average Bonchev–Trinajstić information content (AvgIpc) is 1.85. The Balaban J connectivity index is 2.55. The van der Waals surface area contributed by atoms with E-state index in [1.165, 1.54) is 0 Å². The van der Waals surface area contributed by atoms with Gasteiger partial charge in [-0.2, -0.15) is 0 Å². The molecule has 0 bridgehead atoms. The van der Waals surface area contributed by atoms with Gasteiger partial charge in [-0.3, -0.25) is 0 Å². The van der Waals surface area contributed by atoms with Gasteiger partial charge in [0.15, 0.2) is 0 Å². The zero-order valence-electron chi connectivity index (χ0n) is 7.75. The highest BCUT2D eigenvalue weighted by atomic mass is 16.3. The molecule has 2 unspecified atom stereocenters. The van der Waals surface area contributed by atoms with Crippen molar-refractivity contribution in [3.05, 3.63) is 0 Å². The van der Waals surface area contributed by atoms with Crippen molar-refractivity contribution in [3.63, 3.8) is 0 Å². The smallest absolute Gasteiger partial charge is 0.0698 e. The van der Waals surface area contributed by atoms with Gasteiger partial charge in [0.2, 0.25) is 0 Å². The lowest BCUT2D eigenvalue weighted by Gasteiger charge is -2.39. The van der Waals surface area contributed by atoms with Gasteiger partial charge in [-0.05, 0) is 32.4 Å². The molecular weight excluding hydrogens is 138 g/mol. The van der Waals surface area contributed by atoms with Gasteiger partial charge >= 0.3 is 0 Å². The Morgan fingerprint density at radius 2 is 2.09 bits per heavy atom. The second kappa shape index (κ2) is 3.55. The van der Waals surface area contributed by atoms with Crippen LogP contribution in [0.25, 0.3) is 0 Å². The number of hydrogen-bond acceptors (Lipinski definition) is 2. The van der Waals surface area contributed by atoms with E-state index in [4.69, 9.17) is 0 Å². The zero-order chi connectivity index (χ0) is 8.43. The molecule has 1 aliphatic rings. The Bertz CT molecular complexity index is 115. The fraction of sp³-hybridized carbons (Fsp3) is 1.00. The fourth-order valence-corrected chi connectivity index (χ4v) is 2.12. The van der Waals surface area contributed by atoms with Crippen molar-refractivity contribution in [2.45, 2.75) is 38.8 Å². The Morgan fingerprint density at radius 1 is 1.45 bits per heavy atom. The van der Waals surface area contributed by atoms with Gasteiger partial charge in [0.1, 0.15) is 0 Å². The number of aliphatic hydroxyl groups excluding tert-OH is 1. The normalized spacial score (nSPS) is 34.6. The van der Waals surface area contributed by atoms with Gasteiger partial charge in [0.05, 0.1) is 6.10 Å². The van der Waals surface area contributed by atoms with Gasteiger partial charge in [-0.25, -0.2) is 0 Å². The van der Waals surface area contributed by atoms with Crippen LogP contribution in [-0.4, -0.2) is 35.7 Å². The van der Waals surface area contributed by atoms with Crippen LogP contribution in [0.5, 0.6) is 0 Å². The summed E-state index contributed by atoms with van der Waals surface area (Å²) in [6, 6.07) is 0.378. The number of piperidine rings is 1. The van der Waals surface area contributed by atoms with E-state index in [0.29, 0.717) is 12.0 Å². The second-order valence-electron chi connectivity index (χ2n) is 3.92. The molecule has 0 aromatic heterocycles. The Morgan fingerprint density at radius 3 is 2.45 bits per heavy atom. The highest BCUT2D eigenvalue weighted by Gasteiger charge is 2.29. The van der Waals surface area contributed by atoms with Gasteiger partial charge in [0, 0.05) is 6.04 Å². The predicted octanol–water partition coefficient (Wildman–Crippen LogP) is 1.10. The first-order chi connectivity index (χ1) is 5.13. The number of nitrogens with zero attached hydrogens (tertiary/aromatic N) is 1. The molecule has 2 atom stereocenters. The summed E-state index contributed by atoms with van der Waals surface area (Å²) in [5.41, 5.74) is 0. The third-order valence-electron chi connectivity index (χ3n) is 2.60. The summed E-state index contributed by atoms with van der Waals surface area (Å²) in [4.78, 5) is 2.28. The van der Waals surface area contributed by atoms with Crippen molar-refractivity contribution in [1.82, 2.24) is 4.90 Å². The van der Waals surface area contributed by atoms with Crippen LogP contribution in [0.4, 0.5) is 0 Å². The van der Waals surface area contributed by atoms with Crippen LogP contribution in [0.2, 0.25) is 0 Å². The predicted molar refractivity (Wildman–Crippen MR) is 46.5 cm³/mol. The molecule has 0 spiro atoms. The summed E-state index contributed by atoms with van der Waals surface area (Å²) in [6.45, 7) is 5.49. The lowest BCUT2D eigenvalue weighted by molar-refractivity contribution is 0.00264. The van der Waals surface area contributed by atoms with Crippen LogP contribution in [0.15, 0.2) is 0 Å². The van der Waals surface area contributed by atoms with E-state index in [9.17, 15) is 5.11 Å². The van der Waals surface area contributed by atoms with Crippen LogP contribution in [0.1, 0.15) is 26.7 Å². The fourth-order valence-electron chi connectivity index (χ4n) is 2.12. The largest absolute Gasteiger partial charge is 0.391 e. The van der Waals surface area contributed by atoms with E-state index in [-0.39, 0.29) is 6.10 Å². The van der Waals surface area contributed by atoms with Gasteiger partial charge in [0.25, 0.3) is 0 Å². The van der Waals surface area contributed by atoms with Gasteiger partial charge in [-0.15, -0.1) is 0 Å². The molecule has 11 heavy (non-hydrogen) atoms. The standard InChI is InChI=1S/C9H19NO/c1-7(2)9-8(11)5-4-6-10(9)3/h7-9,11H,4-6H2,1-3H3. The molecule has 66 valence electrons. The van der Waals surface area contributed by atoms with E-state index in [0.717, 1.165) is 19.4 Å². The third-order valence-corrected chi connectivity index (χ3v) is 2.60. The summed E-state index contributed by atoms with van der Waals surface area (Å²) >= 11 is 0. The first kappa shape index (κ1) is 9.01. The lowest BCUT2D eigenvalue weighted by atomic mass is 9.91. The van der Waals surface area contributed by atoms with Crippen LogP contribution in [0, 0.1) is 5.92 Å². The minimum Gasteiger partial charge on any atom is -0.391 e. The maximum absolute atomic E-state index is 9.67. The van der Waals surface area contributed by atoms with Gasteiger partial charge < -0.3 is 10.0 Å². The maximum Gasteiger partial charge on any atom is 0.0698 e. The van der Waals surface area contributed by atoms with Crippen molar-refractivity contribution in [2.24, 2.45) is 5.92 Å². The zero-order valence-corrected chi connectivity index (χ0v) is 7.75. The molecule has 1 aliphatic heterocycles. The number of rotatable bonds is 1. The molecule has 2 nitrogen and oxygen atoms in total. The van der Waals surface area contributed by atoms with E-state index in [1.807, 2.05) is 0 Å². The molecular formula is C9H19NO. The monoisotopic (exact) mass is 157 g/mol. The minimum absolute atomic E-state index is 0.103. The van der Waals surface area contributed by atoms with E-state index in [1.54, 1.807) is 0 Å². The first-order valence-electron chi connectivity index (χ1n) is 4.51. The van der Waals surface area contributed by atoms with Crippen LogP contribution >= 0.6 is 0 Å². The summed E-state index contributed by atoms with van der Waals surface area (Å²) in [5.74, 6) is 0.565. The number of hydrogen-bond donors (Lipinski definition) is 1.